The maximum Gasteiger partial charge on any atom is 0.501 e. The fourth-order valence-corrected chi connectivity index (χ4v) is 2.12. The van der Waals surface area contributed by atoms with Crippen molar-refractivity contribution in [3.8, 4) is 0 Å². The smallest absolute Gasteiger partial charge is 0.392 e. The number of benzene rings is 1. The van der Waals surface area contributed by atoms with Crippen molar-refractivity contribution >= 4 is 39.3 Å². The molecule has 0 aliphatic heterocycles. The van der Waals surface area contributed by atoms with Gasteiger partial charge in [-0.1, -0.05) is 0 Å². The Kier molecular flexibility index (Phi) is 5.11. The molecule has 0 saturated heterocycles. The number of hydrogen-bond donors (Lipinski definition) is 1. The second-order valence-electron chi connectivity index (χ2n) is 3.34. The molecule has 0 unspecified atom stereocenters. The van der Waals surface area contributed by atoms with Gasteiger partial charge in [0.1, 0.15) is 10.6 Å². The predicted octanol–water partition coefficient (Wildman–Crippen LogP) is 1.80. The molecule has 0 amide bonds. The normalized spacial score (nSPS) is 11.6. The van der Waals surface area contributed by atoms with Crippen LogP contribution in [0.1, 0.15) is 0 Å². The highest BCUT2D eigenvalue weighted by Gasteiger charge is 2.49. The van der Waals surface area contributed by atoms with Crippen molar-refractivity contribution in [2.24, 2.45) is 0 Å². The molecule has 1 aromatic rings. The molecule has 0 atom stereocenters. The average molecular weight is 352 g/mol. The van der Waals surface area contributed by atoms with Crippen LogP contribution in [0, 0.1) is 20.2 Å². The van der Waals surface area contributed by atoms with Gasteiger partial charge < -0.3 is 5.73 Å². The van der Waals surface area contributed by atoms with Gasteiger partial charge in [0, 0.05) is 6.07 Å². The number of non-ortho nitro benzene ring substituents is 1. The van der Waals surface area contributed by atoms with Crippen molar-refractivity contribution in [1.82, 2.24) is 0 Å². The number of sulfone groups is 1. The highest BCUT2D eigenvalue weighted by atomic mass is 35.5. The highest BCUT2D eigenvalue weighted by molar-refractivity contribution is 7.92. The summed E-state index contributed by atoms with van der Waals surface area (Å²) in [5.74, 6) is 0. The minimum atomic E-state index is -6.05. The van der Waals surface area contributed by atoms with E-state index in [1.54, 1.807) is 0 Å². The summed E-state index contributed by atoms with van der Waals surface area (Å²) < 4.78 is 59.5. The first-order chi connectivity index (χ1) is 8.89. The van der Waals surface area contributed by atoms with Crippen molar-refractivity contribution in [3.05, 3.63) is 32.4 Å². The molecule has 0 saturated carbocycles. The van der Waals surface area contributed by atoms with E-state index in [0.29, 0.717) is 0 Å². The van der Waals surface area contributed by atoms with Gasteiger partial charge in [-0.15, -0.1) is 12.4 Å². The molecular weight excluding hydrogens is 347 g/mol. The average Bonchev–Trinajstić information content (AvgIpc) is 2.26. The fraction of sp³-hybridized carbons (Fsp3) is 0.143. The zero-order chi connectivity index (χ0) is 15.9. The molecular formula is C7H5ClF3N3O6S. The van der Waals surface area contributed by atoms with Crippen LogP contribution >= 0.6 is 12.4 Å². The van der Waals surface area contributed by atoms with Gasteiger partial charge in [-0.2, -0.15) is 13.2 Å². The largest absolute Gasteiger partial charge is 0.501 e. The Labute approximate surface area is 120 Å². The molecule has 118 valence electrons. The molecule has 0 fully saturated rings. The number of nitrogen functional groups attached to an aromatic ring is 1. The second-order valence-corrected chi connectivity index (χ2v) is 5.25. The Morgan fingerprint density at radius 2 is 1.57 bits per heavy atom. The second kappa shape index (κ2) is 5.69. The molecule has 14 heteroatoms. The summed E-state index contributed by atoms with van der Waals surface area (Å²) >= 11 is 0. The third kappa shape index (κ3) is 3.30. The Morgan fingerprint density at radius 1 is 1.10 bits per heavy atom. The molecule has 0 aliphatic carbocycles. The Hall–Kier alpha value is -2.15. The minimum Gasteiger partial charge on any atom is -0.392 e. The SMILES string of the molecule is Cl.Nc1c([N+](=O)[O-])cc([N+](=O)[O-])cc1S(=O)(=O)C(F)(F)F. The van der Waals surface area contributed by atoms with Gasteiger partial charge in [0.2, 0.25) is 0 Å². The molecule has 9 nitrogen and oxygen atoms in total. The molecule has 1 aromatic carbocycles. The number of anilines is 1. The zero-order valence-corrected chi connectivity index (χ0v) is 11.2. The number of nitrogens with zero attached hydrogens (tertiary/aromatic N) is 2. The highest BCUT2D eigenvalue weighted by Crippen LogP contribution is 2.39. The lowest BCUT2D eigenvalue weighted by Crippen LogP contribution is -2.24. The van der Waals surface area contributed by atoms with Gasteiger partial charge in [0.15, 0.2) is 0 Å². The number of alkyl halides is 3. The number of nitro groups is 2. The topological polar surface area (TPSA) is 146 Å². The first-order valence-corrected chi connectivity index (χ1v) is 5.91. The van der Waals surface area contributed by atoms with Crippen LogP contribution in [0.25, 0.3) is 0 Å². The van der Waals surface area contributed by atoms with E-state index in [1.165, 1.54) is 0 Å². The number of hydrogen-bond acceptors (Lipinski definition) is 7. The van der Waals surface area contributed by atoms with Crippen LogP contribution in [0.2, 0.25) is 0 Å². The van der Waals surface area contributed by atoms with E-state index in [4.69, 9.17) is 5.73 Å². The summed E-state index contributed by atoms with van der Waals surface area (Å²) in [6, 6.07) is 0.288. The van der Waals surface area contributed by atoms with Crippen molar-refractivity contribution in [2.75, 3.05) is 5.73 Å². The molecule has 21 heavy (non-hydrogen) atoms. The van der Waals surface area contributed by atoms with E-state index >= 15 is 0 Å². The van der Waals surface area contributed by atoms with E-state index in [9.17, 15) is 41.8 Å². The van der Waals surface area contributed by atoms with Gasteiger partial charge in [0.05, 0.1) is 15.9 Å². The summed E-state index contributed by atoms with van der Waals surface area (Å²) in [6.45, 7) is 0. The van der Waals surface area contributed by atoms with Crippen LogP contribution in [-0.2, 0) is 9.84 Å². The molecule has 0 spiro atoms. The number of rotatable bonds is 3. The van der Waals surface area contributed by atoms with E-state index in [1.807, 2.05) is 0 Å². The predicted molar refractivity (Wildman–Crippen MR) is 64.7 cm³/mol. The van der Waals surface area contributed by atoms with Gasteiger partial charge in [0.25, 0.3) is 21.2 Å². The van der Waals surface area contributed by atoms with Crippen molar-refractivity contribution < 1.29 is 31.4 Å². The minimum absolute atomic E-state index is 0. The van der Waals surface area contributed by atoms with Gasteiger partial charge in [-0.25, -0.2) is 8.42 Å². The van der Waals surface area contributed by atoms with Gasteiger partial charge in [-0.3, -0.25) is 20.2 Å². The van der Waals surface area contributed by atoms with Crippen molar-refractivity contribution in [3.63, 3.8) is 0 Å². The summed E-state index contributed by atoms with van der Waals surface area (Å²) in [7, 11) is -6.05. The summed E-state index contributed by atoms with van der Waals surface area (Å²) in [4.78, 5) is 16.7. The van der Waals surface area contributed by atoms with E-state index in [0.717, 1.165) is 0 Å². The third-order valence-electron chi connectivity index (χ3n) is 2.11. The van der Waals surface area contributed by atoms with Crippen LogP contribution in [0.4, 0.5) is 30.2 Å². The quantitative estimate of drug-likeness (QED) is 0.496. The first kappa shape index (κ1) is 18.9. The van der Waals surface area contributed by atoms with Crippen LogP contribution in [0.15, 0.2) is 17.0 Å². The maximum atomic E-state index is 12.4. The van der Waals surface area contributed by atoms with E-state index < -0.39 is 47.1 Å². The summed E-state index contributed by atoms with van der Waals surface area (Å²) in [5.41, 5.74) is -4.63. The molecule has 0 heterocycles. The molecule has 0 radical (unpaired) electrons. The zero-order valence-electron chi connectivity index (χ0n) is 9.53. The van der Waals surface area contributed by atoms with E-state index in [-0.39, 0.29) is 24.5 Å². The molecule has 2 N–H and O–H groups in total. The summed E-state index contributed by atoms with van der Waals surface area (Å²) in [5, 5.41) is 21.0. The molecule has 1 rings (SSSR count). The van der Waals surface area contributed by atoms with Crippen LogP contribution in [-0.4, -0.2) is 23.8 Å². The lowest BCUT2D eigenvalue weighted by molar-refractivity contribution is -0.393. The third-order valence-corrected chi connectivity index (χ3v) is 3.63. The molecule has 0 aliphatic rings. The lowest BCUT2D eigenvalue weighted by atomic mass is 10.2. The number of halogens is 4. The van der Waals surface area contributed by atoms with Gasteiger partial charge in [-0.05, 0) is 0 Å². The maximum absolute atomic E-state index is 12.4. The van der Waals surface area contributed by atoms with Crippen molar-refractivity contribution in [1.29, 1.82) is 0 Å². The standard InChI is InChI=1S/C7H4F3N3O6S.ClH/c8-7(9,10)20(18,19)5-2-3(12(14)15)1-4(6(5)11)13(16)17;/h1-2H,11H2;1H. The van der Waals surface area contributed by atoms with Crippen LogP contribution < -0.4 is 5.73 Å². The first-order valence-electron chi connectivity index (χ1n) is 4.43. The molecule has 0 bridgehead atoms. The summed E-state index contributed by atoms with van der Waals surface area (Å²) in [6.07, 6.45) is 0. The van der Waals surface area contributed by atoms with Gasteiger partial charge >= 0.3 is 5.51 Å². The van der Waals surface area contributed by atoms with Crippen molar-refractivity contribution in [2.45, 2.75) is 10.4 Å². The fourth-order valence-electron chi connectivity index (χ4n) is 1.20. The monoisotopic (exact) mass is 351 g/mol. The lowest BCUT2D eigenvalue weighted by Gasteiger charge is -2.10. The number of nitrogens with two attached hydrogens (primary N) is 1. The Morgan fingerprint density at radius 3 is 1.90 bits per heavy atom. The Bertz CT molecular complexity index is 704. The number of nitro benzene ring substituents is 2. The van der Waals surface area contributed by atoms with E-state index in [2.05, 4.69) is 0 Å². The molecule has 0 aromatic heterocycles. The van der Waals surface area contributed by atoms with Crippen LogP contribution in [0.3, 0.4) is 0 Å². The Balaban J connectivity index is 0.00000400. The van der Waals surface area contributed by atoms with Crippen LogP contribution in [0.5, 0.6) is 0 Å².